The number of sulfonamides is 1. The van der Waals surface area contributed by atoms with Gasteiger partial charge in [-0.1, -0.05) is 0 Å². The first-order valence-electron chi connectivity index (χ1n) is 5.55. The van der Waals surface area contributed by atoms with Crippen LogP contribution in [-0.4, -0.2) is 67.9 Å². The van der Waals surface area contributed by atoms with E-state index in [0.717, 1.165) is 10.5 Å². The van der Waals surface area contributed by atoms with Gasteiger partial charge in [0.1, 0.15) is 4.90 Å². The Bertz CT molecular complexity index is 557. The third-order valence-corrected chi connectivity index (χ3v) is 4.45. The monoisotopic (exact) mass is 287 g/mol. The number of hydrogen-bond acceptors (Lipinski definition) is 5. The maximum atomic E-state index is 12.3. The number of aromatic nitrogens is 1. The van der Waals surface area contributed by atoms with Crippen LogP contribution in [0.1, 0.15) is 10.4 Å². The van der Waals surface area contributed by atoms with Crippen molar-refractivity contribution in [2.75, 3.05) is 34.2 Å². The second-order valence-corrected chi connectivity index (χ2v) is 6.32. The van der Waals surface area contributed by atoms with Crippen LogP contribution in [0.15, 0.2) is 23.4 Å². The van der Waals surface area contributed by atoms with Gasteiger partial charge in [-0.05, 0) is 20.2 Å². The summed E-state index contributed by atoms with van der Waals surface area (Å²) < 4.78 is 25.7. The number of carboxylic acids is 1. The fourth-order valence-corrected chi connectivity index (χ4v) is 2.68. The molecule has 0 aliphatic carbocycles. The number of carboxylic acid groups (broad SMARTS) is 1. The Kier molecular flexibility index (Phi) is 4.98. The quantitative estimate of drug-likeness (QED) is 0.789. The minimum Gasteiger partial charge on any atom is -0.478 e. The van der Waals surface area contributed by atoms with Crippen molar-refractivity contribution in [3.63, 3.8) is 0 Å². The normalized spacial score (nSPS) is 12.1. The first-order chi connectivity index (χ1) is 8.76. The van der Waals surface area contributed by atoms with Gasteiger partial charge in [-0.2, -0.15) is 4.31 Å². The number of rotatable bonds is 6. The minimum atomic E-state index is -3.85. The zero-order chi connectivity index (χ0) is 14.6. The minimum absolute atomic E-state index is 0.267. The summed E-state index contributed by atoms with van der Waals surface area (Å²) in [6.07, 6.45) is 2.31. The number of pyridine rings is 1. The molecule has 0 saturated carbocycles. The smallest absolute Gasteiger partial charge is 0.337 e. The van der Waals surface area contributed by atoms with Gasteiger partial charge in [0.05, 0.1) is 5.56 Å². The molecule has 0 radical (unpaired) electrons. The van der Waals surface area contributed by atoms with E-state index in [2.05, 4.69) is 4.98 Å². The van der Waals surface area contributed by atoms with Crippen LogP contribution in [0.25, 0.3) is 0 Å². The Morgan fingerprint density at radius 2 is 1.95 bits per heavy atom. The van der Waals surface area contributed by atoms with Crippen LogP contribution in [0.4, 0.5) is 0 Å². The molecule has 1 aromatic rings. The summed E-state index contributed by atoms with van der Waals surface area (Å²) in [4.78, 5) is 16.3. The summed E-state index contributed by atoms with van der Waals surface area (Å²) in [6, 6.07) is 1.18. The van der Waals surface area contributed by atoms with Crippen molar-refractivity contribution in [3.05, 3.63) is 24.0 Å². The second-order valence-electron chi connectivity index (χ2n) is 4.31. The summed E-state index contributed by atoms with van der Waals surface area (Å²) in [5.41, 5.74) is -0.272. The van der Waals surface area contributed by atoms with Crippen molar-refractivity contribution in [3.8, 4) is 0 Å². The highest BCUT2D eigenvalue weighted by Gasteiger charge is 2.26. The molecule has 1 N–H and O–H groups in total. The van der Waals surface area contributed by atoms with Crippen LogP contribution in [0.3, 0.4) is 0 Å². The molecule has 7 nitrogen and oxygen atoms in total. The van der Waals surface area contributed by atoms with Crippen LogP contribution >= 0.6 is 0 Å². The maximum absolute atomic E-state index is 12.3. The lowest BCUT2D eigenvalue weighted by Crippen LogP contribution is -2.34. The van der Waals surface area contributed by atoms with Gasteiger partial charge >= 0.3 is 5.97 Å². The number of carbonyl (C=O) groups is 1. The summed E-state index contributed by atoms with van der Waals surface area (Å²) in [7, 11) is 1.22. The van der Waals surface area contributed by atoms with Gasteiger partial charge in [-0.15, -0.1) is 0 Å². The Balaban J connectivity index is 3.10. The van der Waals surface area contributed by atoms with Gasteiger partial charge in [0.2, 0.25) is 10.0 Å². The molecule has 0 saturated heterocycles. The Hall–Kier alpha value is -1.51. The molecule has 0 spiro atoms. The average Bonchev–Trinajstić information content (AvgIpc) is 2.35. The topological polar surface area (TPSA) is 90.8 Å². The molecule has 0 fully saturated rings. The molecule has 0 aliphatic rings. The SMILES string of the molecule is CN(C)CCN(C)S(=O)(=O)c1cnccc1C(=O)O. The highest BCUT2D eigenvalue weighted by Crippen LogP contribution is 2.18. The van der Waals surface area contributed by atoms with Crippen LogP contribution in [-0.2, 0) is 10.0 Å². The molecule has 0 aromatic carbocycles. The Labute approximate surface area is 112 Å². The van der Waals surface area contributed by atoms with Crippen molar-refractivity contribution in [2.45, 2.75) is 4.90 Å². The average molecular weight is 287 g/mol. The van der Waals surface area contributed by atoms with Crippen LogP contribution in [0.2, 0.25) is 0 Å². The maximum Gasteiger partial charge on any atom is 0.337 e. The second kappa shape index (κ2) is 6.09. The Morgan fingerprint density at radius 3 is 2.47 bits per heavy atom. The molecule has 1 rings (SSSR count). The highest BCUT2D eigenvalue weighted by molar-refractivity contribution is 7.89. The lowest BCUT2D eigenvalue weighted by atomic mass is 10.3. The van der Waals surface area contributed by atoms with E-state index in [-0.39, 0.29) is 17.0 Å². The predicted octanol–water partition coefficient (Wildman–Crippen LogP) is -0.0381. The summed E-state index contributed by atoms with van der Waals surface area (Å²) in [6.45, 7) is 0.807. The highest BCUT2D eigenvalue weighted by atomic mass is 32.2. The number of hydrogen-bond donors (Lipinski definition) is 1. The van der Waals surface area contributed by atoms with Crippen LogP contribution in [0, 0.1) is 0 Å². The van der Waals surface area contributed by atoms with E-state index >= 15 is 0 Å². The summed E-state index contributed by atoms with van der Waals surface area (Å²) in [5.74, 6) is -1.29. The zero-order valence-electron chi connectivity index (χ0n) is 11.1. The first kappa shape index (κ1) is 15.5. The molecule has 0 bridgehead atoms. The third kappa shape index (κ3) is 3.72. The van der Waals surface area contributed by atoms with E-state index < -0.39 is 16.0 Å². The van der Waals surface area contributed by atoms with E-state index in [1.165, 1.54) is 19.3 Å². The molecular formula is C11H17N3O4S. The van der Waals surface area contributed by atoms with Crippen molar-refractivity contribution in [1.82, 2.24) is 14.2 Å². The third-order valence-electron chi connectivity index (χ3n) is 2.57. The van der Waals surface area contributed by atoms with Crippen molar-refractivity contribution in [1.29, 1.82) is 0 Å². The van der Waals surface area contributed by atoms with Gasteiger partial charge in [0.25, 0.3) is 0 Å². The molecule has 0 amide bonds. The van der Waals surface area contributed by atoms with Crippen molar-refractivity contribution >= 4 is 16.0 Å². The molecule has 0 unspecified atom stereocenters. The molecule has 106 valence electrons. The van der Waals surface area contributed by atoms with E-state index in [9.17, 15) is 13.2 Å². The van der Waals surface area contributed by atoms with E-state index in [1.54, 1.807) is 0 Å². The fraction of sp³-hybridized carbons (Fsp3) is 0.455. The lowest BCUT2D eigenvalue weighted by Gasteiger charge is -2.20. The van der Waals surface area contributed by atoms with Crippen molar-refractivity contribution < 1.29 is 18.3 Å². The fourth-order valence-electron chi connectivity index (χ4n) is 1.39. The molecule has 1 heterocycles. The largest absolute Gasteiger partial charge is 0.478 e. The molecule has 19 heavy (non-hydrogen) atoms. The molecular weight excluding hydrogens is 270 g/mol. The van der Waals surface area contributed by atoms with Gasteiger partial charge in [0.15, 0.2) is 0 Å². The summed E-state index contributed by atoms with van der Waals surface area (Å²) >= 11 is 0. The number of aromatic carboxylic acids is 1. The van der Waals surface area contributed by atoms with Crippen LogP contribution in [0.5, 0.6) is 0 Å². The molecule has 8 heteroatoms. The van der Waals surface area contributed by atoms with E-state index in [4.69, 9.17) is 5.11 Å². The van der Waals surface area contributed by atoms with Gasteiger partial charge < -0.3 is 10.0 Å². The number of likely N-dealkylation sites (N-methyl/N-ethyl adjacent to an activating group) is 2. The van der Waals surface area contributed by atoms with Crippen molar-refractivity contribution in [2.24, 2.45) is 0 Å². The standard InChI is InChI=1S/C11H17N3O4S/c1-13(2)6-7-14(3)19(17,18)10-8-12-5-4-9(10)11(15)16/h4-5,8H,6-7H2,1-3H3,(H,15,16). The lowest BCUT2D eigenvalue weighted by molar-refractivity contribution is 0.0692. The summed E-state index contributed by atoms with van der Waals surface area (Å²) in [5, 5.41) is 9.01. The van der Waals surface area contributed by atoms with Gasteiger partial charge in [-0.25, -0.2) is 13.2 Å². The zero-order valence-corrected chi connectivity index (χ0v) is 11.9. The number of nitrogens with zero attached hydrogens (tertiary/aromatic N) is 3. The van der Waals surface area contributed by atoms with E-state index in [0.29, 0.717) is 6.54 Å². The molecule has 0 atom stereocenters. The van der Waals surface area contributed by atoms with E-state index in [1.807, 2.05) is 19.0 Å². The molecule has 1 aromatic heterocycles. The Morgan fingerprint density at radius 1 is 1.32 bits per heavy atom. The van der Waals surface area contributed by atoms with Gasteiger partial charge in [0, 0.05) is 32.5 Å². The van der Waals surface area contributed by atoms with Crippen LogP contribution < -0.4 is 0 Å². The predicted molar refractivity (Wildman–Crippen MR) is 69.6 cm³/mol. The van der Waals surface area contributed by atoms with Gasteiger partial charge in [-0.3, -0.25) is 4.98 Å². The molecule has 0 aliphatic heterocycles. The first-order valence-corrected chi connectivity index (χ1v) is 6.99.